The first-order chi connectivity index (χ1) is 9.04. The highest BCUT2D eigenvalue weighted by atomic mass is 79.9. The van der Waals surface area contributed by atoms with E-state index in [4.69, 9.17) is 16.0 Å². The van der Waals surface area contributed by atoms with E-state index in [9.17, 15) is 0 Å². The van der Waals surface area contributed by atoms with Gasteiger partial charge < -0.3 is 15.1 Å². The number of anilines is 2. The summed E-state index contributed by atoms with van der Waals surface area (Å²) in [5, 5.41) is 14.8. The minimum atomic E-state index is 0.351. The molecule has 0 aliphatic heterocycles. The number of nitrogens with one attached hydrogen (secondary N) is 2. The van der Waals surface area contributed by atoms with E-state index < -0.39 is 0 Å². The van der Waals surface area contributed by atoms with E-state index in [0.717, 1.165) is 10.2 Å². The fourth-order valence-corrected chi connectivity index (χ4v) is 2.15. The molecular weight excluding hydrogens is 332 g/mol. The molecule has 1 aromatic heterocycles. The summed E-state index contributed by atoms with van der Waals surface area (Å²) >= 11 is 9.29. The SMILES string of the molecule is CC(C)NCc1nnc(Nc2ccc(Cl)cc2Br)o1. The lowest BCUT2D eigenvalue weighted by Gasteiger charge is -2.05. The van der Waals surface area contributed by atoms with Gasteiger partial charge in [0.05, 0.1) is 12.2 Å². The molecule has 0 saturated carbocycles. The molecule has 19 heavy (non-hydrogen) atoms. The van der Waals surface area contributed by atoms with Crippen molar-refractivity contribution in [2.75, 3.05) is 5.32 Å². The maximum atomic E-state index is 5.88. The summed E-state index contributed by atoms with van der Waals surface area (Å²) in [6.07, 6.45) is 0. The molecule has 0 unspecified atom stereocenters. The van der Waals surface area contributed by atoms with Gasteiger partial charge in [-0.05, 0) is 34.1 Å². The Balaban J connectivity index is 2.03. The largest absolute Gasteiger partial charge is 0.406 e. The summed E-state index contributed by atoms with van der Waals surface area (Å²) < 4.78 is 6.31. The zero-order chi connectivity index (χ0) is 13.8. The van der Waals surface area contributed by atoms with Gasteiger partial charge in [-0.15, -0.1) is 5.10 Å². The van der Waals surface area contributed by atoms with Crippen molar-refractivity contribution in [1.82, 2.24) is 15.5 Å². The Hall–Kier alpha value is -1.11. The molecule has 0 fully saturated rings. The van der Waals surface area contributed by atoms with Crippen LogP contribution >= 0.6 is 27.5 Å². The Bertz CT molecular complexity index is 558. The number of halogens is 2. The Morgan fingerprint density at radius 1 is 1.37 bits per heavy atom. The third kappa shape index (κ3) is 4.19. The van der Waals surface area contributed by atoms with Crippen molar-refractivity contribution in [3.05, 3.63) is 33.6 Å². The molecule has 2 aromatic rings. The fourth-order valence-electron chi connectivity index (χ4n) is 1.37. The number of nitrogens with zero attached hydrogens (tertiary/aromatic N) is 2. The van der Waals surface area contributed by atoms with E-state index in [0.29, 0.717) is 29.5 Å². The average Bonchev–Trinajstić information content (AvgIpc) is 2.78. The summed E-state index contributed by atoms with van der Waals surface area (Å²) in [7, 11) is 0. The highest BCUT2D eigenvalue weighted by molar-refractivity contribution is 9.10. The van der Waals surface area contributed by atoms with Crippen LogP contribution in [-0.2, 0) is 6.54 Å². The van der Waals surface area contributed by atoms with Crippen molar-refractivity contribution in [3.8, 4) is 0 Å². The van der Waals surface area contributed by atoms with Crippen molar-refractivity contribution in [3.63, 3.8) is 0 Å². The first kappa shape index (κ1) is 14.3. The number of hydrogen-bond acceptors (Lipinski definition) is 5. The van der Waals surface area contributed by atoms with Crippen molar-refractivity contribution in [2.45, 2.75) is 26.4 Å². The maximum Gasteiger partial charge on any atom is 0.320 e. The molecule has 0 spiro atoms. The minimum absolute atomic E-state index is 0.351. The predicted octanol–water partition coefficient (Wildman–Crippen LogP) is 3.73. The topological polar surface area (TPSA) is 63.0 Å². The number of rotatable bonds is 5. The van der Waals surface area contributed by atoms with Crippen LogP contribution in [0.4, 0.5) is 11.7 Å². The van der Waals surface area contributed by atoms with Crippen LogP contribution in [0.3, 0.4) is 0 Å². The van der Waals surface area contributed by atoms with Gasteiger partial charge in [-0.25, -0.2) is 0 Å². The van der Waals surface area contributed by atoms with Gasteiger partial charge in [0, 0.05) is 15.5 Å². The molecule has 5 nitrogen and oxygen atoms in total. The standard InChI is InChI=1S/C12H14BrClN4O/c1-7(2)15-6-11-17-18-12(19-11)16-10-4-3-8(14)5-9(10)13/h3-5,7,15H,6H2,1-2H3,(H,16,18). The van der Waals surface area contributed by atoms with Crippen LogP contribution in [0.5, 0.6) is 0 Å². The molecule has 0 saturated heterocycles. The number of benzene rings is 1. The Morgan fingerprint density at radius 3 is 2.84 bits per heavy atom. The minimum Gasteiger partial charge on any atom is -0.406 e. The second-order valence-corrected chi connectivity index (χ2v) is 5.58. The third-order valence-electron chi connectivity index (χ3n) is 2.30. The first-order valence-corrected chi connectivity index (χ1v) is 6.99. The van der Waals surface area contributed by atoms with Crippen LogP contribution in [0, 0.1) is 0 Å². The molecule has 0 atom stereocenters. The smallest absolute Gasteiger partial charge is 0.320 e. The molecule has 2 N–H and O–H groups in total. The fraction of sp³-hybridized carbons (Fsp3) is 0.333. The Labute approximate surface area is 124 Å². The van der Waals surface area contributed by atoms with Crippen LogP contribution < -0.4 is 10.6 Å². The summed E-state index contributed by atoms with van der Waals surface area (Å²) in [5.74, 6) is 0.543. The van der Waals surface area contributed by atoms with Gasteiger partial charge in [-0.1, -0.05) is 30.5 Å². The van der Waals surface area contributed by atoms with E-state index in [1.807, 2.05) is 6.07 Å². The van der Waals surface area contributed by atoms with Crippen molar-refractivity contribution in [1.29, 1.82) is 0 Å². The second-order valence-electron chi connectivity index (χ2n) is 4.29. The quantitative estimate of drug-likeness (QED) is 0.864. The molecule has 2 rings (SSSR count). The second kappa shape index (κ2) is 6.36. The first-order valence-electron chi connectivity index (χ1n) is 5.82. The normalized spacial score (nSPS) is 11.0. The molecule has 0 aliphatic carbocycles. The van der Waals surface area contributed by atoms with Gasteiger partial charge in [0.25, 0.3) is 0 Å². The number of hydrogen-bond donors (Lipinski definition) is 2. The Kier molecular flexibility index (Phi) is 4.79. The maximum absolute atomic E-state index is 5.88. The van der Waals surface area contributed by atoms with E-state index >= 15 is 0 Å². The van der Waals surface area contributed by atoms with E-state index in [1.165, 1.54) is 0 Å². The molecule has 7 heteroatoms. The van der Waals surface area contributed by atoms with Crippen molar-refractivity contribution < 1.29 is 4.42 Å². The van der Waals surface area contributed by atoms with Gasteiger partial charge in [-0.3, -0.25) is 0 Å². The van der Waals surface area contributed by atoms with Gasteiger partial charge in [0.2, 0.25) is 5.89 Å². The lowest BCUT2D eigenvalue weighted by Crippen LogP contribution is -2.21. The van der Waals surface area contributed by atoms with Crippen LogP contribution in [0.2, 0.25) is 5.02 Å². The Morgan fingerprint density at radius 2 is 2.16 bits per heavy atom. The predicted molar refractivity (Wildman–Crippen MR) is 78.7 cm³/mol. The molecule has 102 valence electrons. The third-order valence-corrected chi connectivity index (χ3v) is 3.19. The molecule has 1 heterocycles. The summed E-state index contributed by atoms with van der Waals surface area (Å²) in [5.41, 5.74) is 0.816. The number of aromatic nitrogens is 2. The summed E-state index contributed by atoms with van der Waals surface area (Å²) in [6.45, 7) is 4.66. The van der Waals surface area contributed by atoms with Crippen LogP contribution in [0.25, 0.3) is 0 Å². The molecule has 0 amide bonds. The van der Waals surface area contributed by atoms with Gasteiger partial charge >= 0.3 is 6.01 Å². The van der Waals surface area contributed by atoms with Gasteiger partial charge in [0.1, 0.15) is 0 Å². The monoisotopic (exact) mass is 344 g/mol. The molecular formula is C12H14BrClN4O. The molecule has 0 bridgehead atoms. The zero-order valence-electron chi connectivity index (χ0n) is 10.6. The van der Waals surface area contributed by atoms with Crippen molar-refractivity contribution in [2.24, 2.45) is 0 Å². The highest BCUT2D eigenvalue weighted by Gasteiger charge is 2.08. The molecule has 0 radical (unpaired) electrons. The molecule has 0 aliphatic rings. The van der Waals surface area contributed by atoms with E-state index in [2.05, 4.69) is 50.6 Å². The van der Waals surface area contributed by atoms with Crippen molar-refractivity contribution >= 4 is 39.2 Å². The van der Waals surface area contributed by atoms with Crippen LogP contribution in [0.1, 0.15) is 19.7 Å². The zero-order valence-corrected chi connectivity index (χ0v) is 12.9. The molecule has 1 aromatic carbocycles. The lowest BCUT2D eigenvalue weighted by atomic mass is 10.3. The van der Waals surface area contributed by atoms with E-state index in [1.54, 1.807) is 12.1 Å². The highest BCUT2D eigenvalue weighted by Crippen LogP contribution is 2.28. The summed E-state index contributed by atoms with van der Waals surface area (Å²) in [4.78, 5) is 0. The van der Waals surface area contributed by atoms with Crippen LogP contribution in [-0.4, -0.2) is 16.2 Å². The van der Waals surface area contributed by atoms with Gasteiger partial charge in [-0.2, -0.15) is 0 Å². The average molecular weight is 346 g/mol. The van der Waals surface area contributed by atoms with Gasteiger partial charge in [0.15, 0.2) is 0 Å². The lowest BCUT2D eigenvalue weighted by molar-refractivity contribution is 0.460. The van der Waals surface area contributed by atoms with E-state index in [-0.39, 0.29) is 0 Å². The summed E-state index contributed by atoms with van der Waals surface area (Å²) in [6, 6.07) is 6.13. The van der Waals surface area contributed by atoms with Crippen LogP contribution in [0.15, 0.2) is 27.1 Å².